The van der Waals surface area contributed by atoms with E-state index in [-0.39, 0.29) is 23.9 Å². The van der Waals surface area contributed by atoms with Gasteiger partial charge in [-0.25, -0.2) is 8.42 Å². The number of halogens is 1. The molecule has 132 valence electrons. The van der Waals surface area contributed by atoms with Gasteiger partial charge >= 0.3 is 0 Å². The largest absolute Gasteiger partial charge is 0.337 e. The summed E-state index contributed by atoms with van der Waals surface area (Å²) in [6.07, 6.45) is 3.32. The topological polar surface area (TPSA) is 57.7 Å². The Hall–Kier alpha value is -1.67. The van der Waals surface area contributed by atoms with Gasteiger partial charge in [-0.1, -0.05) is 17.7 Å². The van der Waals surface area contributed by atoms with Crippen molar-refractivity contribution in [3.63, 3.8) is 0 Å². The monoisotopic (exact) mass is 396 g/mol. The van der Waals surface area contributed by atoms with Crippen LogP contribution in [0.5, 0.6) is 0 Å². The molecule has 2 aromatic rings. The summed E-state index contributed by atoms with van der Waals surface area (Å²) < 4.78 is 26.7. The normalized spacial score (nSPS) is 16.4. The first-order valence-electron chi connectivity index (χ1n) is 7.73. The van der Waals surface area contributed by atoms with Gasteiger partial charge in [0.2, 0.25) is 15.9 Å². The molecule has 1 saturated heterocycles. The van der Waals surface area contributed by atoms with Crippen LogP contribution in [0.4, 0.5) is 0 Å². The molecule has 1 fully saturated rings. The van der Waals surface area contributed by atoms with Crippen molar-refractivity contribution in [2.75, 3.05) is 26.2 Å². The van der Waals surface area contributed by atoms with Crippen LogP contribution < -0.4 is 0 Å². The molecule has 25 heavy (non-hydrogen) atoms. The Bertz CT molecular complexity index is 854. The second-order valence-electron chi connectivity index (χ2n) is 5.53. The minimum Gasteiger partial charge on any atom is -0.337 e. The number of hydrogen-bond donors (Lipinski definition) is 0. The van der Waals surface area contributed by atoms with Gasteiger partial charge in [0.15, 0.2) is 0 Å². The van der Waals surface area contributed by atoms with Gasteiger partial charge in [0.05, 0.1) is 4.90 Å². The van der Waals surface area contributed by atoms with Crippen LogP contribution in [0.3, 0.4) is 0 Å². The number of benzene rings is 1. The van der Waals surface area contributed by atoms with Gasteiger partial charge in [0.1, 0.15) is 0 Å². The maximum Gasteiger partial charge on any atom is 0.246 e. The first kappa shape index (κ1) is 18.1. The summed E-state index contributed by atoms with van der Waals surface area (Å²) in [6.45, 7) is 1.31. The van der Waals surface area contributed by atoms with E-state index in [1.165, 1.54) is 22.5 Å². The van der Waals surface area contributed by atoms with E-state index >= 15 is 0 Å². The van der Waals surface area contributed by atoms with Gasteiger partial charge < -0.3 is 4.90 Å². The van der Waals surface area contributed by atoms with Crippen molar-refractivity contribution in [2.45, 2.75) is 4.90 Å². The fourth-order valence-corrected chi connectivity index (χ4v) is 4.72. The van der Waals surface area contributed by atoms with Crippen molar-refractivity contribution < 1.29 is 13.2 Å². The molecule has 0 atom stereocenters. The summed E-state index contributed by atoms with van der Waals surface area (Å²) in [5.74, 6) is -0.100. The third-order valence-electron chi connectivity index (χ3n) is 3.94. The number of amides is 1. The van der Waals surface area contributed by atoms with Gasteiger partial charge in [-0.2, -0.15) is 4.31 Å². The van der Waals surface area contributed by atoms with Gasteiger partial charge in [0.25, 0.3) is 0 Å². The van der Waals surface area contributed by atoms with Crippen LogP contribution in [-0.2, 0) is 14.8 Å². The highest BCUT2D eigenvalue weighted by Crippen LogP contribution is 2.20. The smallest absolute Gasteiger partial charge is 0.246 e. The fourth-order valence-electron chi connectivity index (χ4n) is 2.55. The molecule has 0 saturated carbocycles. The number of sulfonamides is 1. The summed E-state index contributed by atoms with van der Waals surface area (Å²) in [5.41, 5.74) is 0. The van der Waals surface area contributed by atoms with E-state index in [1.807, 2.05) is 17.5 Å². The molecular formula is C17H17ClN2O3S2. The number of thiophene rings is 1. The Morgan fingerprint density at radius 1 is 1.08 bits per heavy atom. The Morgan fingerprint density at radius 3 is 2.36 bits per heavy atom. The molecule has 2 heterocycles. The summed E-state index contributed by atoms with van der Waals surface area (Å²) >= 11 is 7.37. The summed E-state index contributed by atoms with van der Waals surface area (Å²) in [6, 6.07) is 9.98. The van der Waals surface area contributed by atoms with E-state index in [9.17, 15) is 13.2 Å². The van der Waals surface area contributed by atoms with Gasteiger partial charge in [-0.05, 0) is 41.8 Å². The first-order valence-corrected chi connectivity index (χ1v) is 10.4. The molecule has 1 amide bonds. The fraction of sp³-hybridized carbons (Fsp3) is 0.235. The van der Waals surface area contributed by atoms with Crippen molar-refractivity contribution in [1.29, 1.82) is 0 Å². The van der Waals surface area contributed by atoms with Crippen LogP contribution in [0.25, 0.3) is 6.08 Å². The van der Waals surface area contributed by atoms with E-state index in [4.69, 9.17) is 11.6 Å². The maximum atomic E-state index is 12.6. The zero-order chi connectivity index (χ0) is 17.9. The first-order chi connectivity index (χ1) is 12.0. The van der Waals surface area contributed by atoms with E-state index in [0.29, 0.717) is 18.1 Å². The van der Waals surface area contributed by atoms with E-state index < -0.39 is 10.0 Å². The molecule has 1 aliphatic rings. The predicted octanol–water partition coefficient (Wildman–Crippen LogP) is 2.95. The number of rotatable bonds is 4. The van der Waals surface area contributed by atoms with Crippen molar-refractivity contribution in [3.05, 3.63) is 57.8 Å². The van der Waals surface area contributed by atoms with Crippen LogP contribution >= 0.6 is 22.9 Å². The molecule has 8 heteroatoms. The number of nitrogens with zero attached hydrogens (tertiary/aromatic N) is 2. The molecule has 3 rings (SSSR count). The minimum atomic E-state index is -3.56. The highest BCUT2D eigenvalue weighted by Gasteiger charge is 2.29. The zero-order valence-corrected chi connectivity index (χ0v) is 15.7. The minimum absolute atomic E-state index is 0.100. The molecule has 1 aliphatic heterocycles. The Kier molecular flexibility index (Phi) is 5.58. The highest BCUT2D eigenvalue weighted by atomic mass is 35.5. The SMILES string of the molecule is O=C(C=Cc1cccs1)N1CCN(S(=O)(=O)c2ccc(Cl)cc2)CC1. The van der Waals surface area contributed by atoms with Gasteiger partial charge in [-0.15, -0.1) is 11.3 Å². The lowest BCUT2D eigenvalue weighted by Gasteiger charge is -2.33. The molecule has 0 bridgehead atoms. The second kappa shape index (κ2) is 7.70. The third kappa shape index (κ3) is 4.30. The van der Waals surface area contributed by atoms with E-state index in [1.54, 1.807) is 34.4 Å². The van der Waals surface area contributed by atoms with Gasteiger partial charge in [-0.3, -0.25) is 4.79 Å². The van der Waals surface area contributed by atoms with E-state index in [0.717, 1.165) is 4.88 Å². The highest BCUT2D eigenvalue weighted by molar-refractivity contribution is 7.89. The van der Waals surface area contributed by atoms with Crippen molar-refractivity contribution >= 4 is 44.9 Å². The number of hydrogen-bond acceptors (Lipinski definition) is 4. The van der Waals surface area contributed by atoms with Crippen LogP contribution in [0, 0.1) is 0 Å². The third-order valence-corrected chi connectivity index (χ3v) is 6.94. The lowest BCUT2D eigenvalue weighted by molar-refractivity contribution is -0.127. The molecule has 0 radical (unpaired) electrons. The summed E-state index contributed by atoms with van der Waals surface area (Å²) in [7, 11) is -3.56. The molecule has 0 aliphatic carbocycles. The predicted molar refractivity (Wildman–Crippen MR) is 100 cm³/mol. The molecule has 0 spiro atoms. The molecular weight excluding hydrogens is 380 g/mol. The van der Waals surface area contributed by atoms with Crippen LogP contribution in [0.2, 0.25) is 5.02 Å². The lowest BCUT2D eigenvalue weighted by atomic mass is 10.3. The average Bonchev–Trinajstić information content (AvgIpc) is 3.14. The number of carbonyl (C=O) groups excluding carboxylic acids is 1. The quantitative estimate of drug-likeness (QED) is 0.746. The maximum absolute atomic E-state index is 12.6. The van der Waals surface area contributed by atoms with Crippen molar-refractivity contribution in [2.24, 2.45) is 0 Å². The zero-order valence-electron chi connectivity index (χ0n) is 13.3. The molecule has 0 N–H and O–H groups in total. The average molecular weight is 397 g/mol. The summed E-state index contributed by atoms with van der Waals surface area (Å²) in [4.78, 5) is 15.1. The number of piperazine rings is 1. The van der Waals surface area contributed by atoms with Crippen molar-refractivity contribution in [1.82, 2.24) is 9.21 Å². The van der Waals surface area contributed by atoms with Crippen LogP contribution in [0.15, 0.2) is 52.7 Å². The standard InChI is InChI=1S/C17H17ClN2O3S2/c18-14-3-6-16(7-4-14)25(22,23)20-11-9-19(10-12-20)17(21)8-5-15-2-1-13-24-15/h1-8,13H,9-12H2. The van der Waals surface area contributed by atoms with Crippen LogP contribution in [0.1, 0.15) is 4.88 Å². The Balaban J connectivity index is 1.61. The molecule has 1 aromatic carbocycles. The molecule has 0 unspecified atom stereocenters. The van der Waals surface area contributed by atoms with Gasteiger partial charge in [0, 0.05) is 42.2 Å². The Morgan fingerprint density at radius 2 is 1.76 bits per heavy atom. The molecule has 1 aromatic heterocycles. The summed E-state index contributed by atoms with van der Waals surface area (Å²) in [5, 5.41) is 2.44. The van der Waals surface area contributed by atoms with Crippen LogP contribution in [-0.4, -0.2) is 49.7 Å². The molecule has 5 nitrogen and oxygen atoms in total. The number of carbonyl (C=O) groups is 1. The Labute approximate surface area is 156 Å². The second-order valence-corrected chi connectivity index (χ2v) is 8.89. The van der Waals surface area contributed by atoms with E-state index in [2.05, 4.69) is 0 Å². The lowest BCUT2D eigenvalue weighted by Crippen LogP contribution is -2.50. The van der Waals surface area contributed by atoms with Crippen molar-refractivity contribution in [3.8, 4) is 0 Å².